The van der Waals surface area contributed by atoms with E-state index in [0.29, 0.717) is 24.2 Å². The van der Waals surface area contributed by atoms with Crippen molar-refractivity contribution in [1.82, 2.24) is 29.3 Å². The molecule has 3 aromatic heterocycles. The average Bonchev–Trinajstić information content (AvgIpc) is 3.35. The quantitative estimate of drug-likeness (QED) is 0.736. The first-order valence-electron chi connectivity index (χ1n) is 8.14. The predicted molar refractivity (Wildman–Crippen MR) is 91.3 cm³/mol. The monoisotopic (exact) mass is 341 g/mol. The highest BCUT2D eigenvalue weighted by atomic mass is 16.5. The number of nitrogens with one attached hydrogen (secondary N) is 1. The van der Waals surface area contributed by atoms with Gasteiger partial charge in [-0.15, -0.1) is 0 Å². The number of H-pyrrole nitrogens is 1. The second-order valence-electron chi connectivity index (χ2n) is 5.95. The van der Waals surface area contributed by atoms with E-state index in [2.05, 4.69) is 25.0 Å². The molecule has 1 aliphatic heterocycles. The largest absolute Gasteiger partial charge is 0.383 e. The topological polar surface area (TPSA) is 93.9 Å². The van der Waals surface area contributed by atoms with Crippen molar-refractivity contribution in [2.45, 2.75) is 18.9 Å². The summed E-state index contributed by atoms with van der Waals surface area (Å²) < 4.78 is 8.36. The van der Waals surface area contributed by atoms with Crippen molar-refractivity contribution in [2.24, 2.45) is 0 Å². The number of aromatic amines is 1. The Morgan fingerprint density at radius 2 is 2.24 bits per heavy atom. The number of rotatable bonds is 5. The van der Waals surface area contributed by atoms with Crippen molar-refractivity contribution in [3.63, 3.8) is 0 Å². The molecule has 0 saturated carbocycles. The third-order valence-corrected chi connectivity index (χ3v) is 4.43. The third kappa shape index (κ3) is 2.82. The number of nitrogens with zero attached hydrogens (tertiary/aromatic N) is 6. The first-order chi connectivity index (χ1) is 12.3. The minimum atomic E-state index is -0.197. The maximum Gasteiger partial charge on any atom is 0.296 e. The van der Waals surface area contributed by atoms with Crippen molar-refractivity contribution < 1.29 is 4.74 Å². The van der Waals surface area contributed by atoms with E-state index >= 15 is 0 Å². The van der Waals surface area contributed by atoms with Crippen molar-refractivity contribution in [1.29, 1.82) is 0 Å². The Labute approximate surface area is 143 Å². The van der Waals surface area contributed by atoms with Gasteiger partial charge in [0.1, 0.15) is 17.8 Å². The summed E-state index contributed by atoms with van der Waals surface area (Å²) in [5, 5.41) is 2.95. The van der Waals surface area contributed by atoms with Crippen molar-refractivity contribution in [3.8, 4) is 11.5 Å². The smallest absolute Gasteiger partial charge is 0.296 e. The van der Waals surface area contributed by atoms with Gasteiger partial charge in [-0.05, 0) is 12.8 Å². The zero-order chi connectivity index (χ0) is 17.2. The van der Waals surface area contributed by atoms with Crippen LogP contribution in [0.1, 0.15) is 12.8 Å². The fourth-order valence-electron chi connectivity index (χ4n) is 3.24. The third-order valence-electron chi connectivity index (χ3n) is 4.43. The van der Waals surface area contributed by atoms with E-state index in [1.165, 1.54) is 11.0 Å². The van der Waals surface area contributed by atoms with Gasteiger partial charge in [-0.1, -0.05) is 0 Å². The molecule has 0 aliphatic carbocycles. The van der Waals surface area contributed by atoms with E-state index in [-0.39, 0.29) is 5.56 Å². The lowest BCUT2D eigenvalue weighted by Crippen LogP contribution is -2.33. The number of aromatic nitrogens is 6. The molecule has 3 aromatic rings. The SMILES string of the molecule is COC[C@H]1CCCN1c1cc(-n2[nH]cc(-n3ccnc3)c2=O)ncn1. The van der Waals surface area contributed by atoms with Gasteiger partial charge in [0.25, 0.3) is 5.56 Å². The van der Waals surface area contributed by atoms with Gasteiger partial charge < -0.3 is 9.64 Å². The van der Waals surface area contributed by atoms with E-state index in [1.807, 2.05) is 6.07 Å². The second kappa shape index (κ2) is 6.52. The fourth-order valence-corrected chi connectivity index (χ4v) is 3.24. The number of hydrogen-bond acceptors (Lipinski definition) is 6. The van der Waals surface area contributed by atoms with Crippen LogP contribution in [0.4, 0.5) is 5.82 Å². The molecule has 0 unspecified atom stereocenters. The number of imidazole rings is 1. The summed E-state index contributed by atoms with van der Waals surface area (Å²) in [6.07, 6.45) is 10.2. The maximum absolute atomic E-state index is 12.7. The summed E-state index contributed by atoms with van der Waals surface area (Å²) in [4.78, 5) is 27.5. The average molecular weight is 341 g/mol. The van der Waals surface area contributed by atoms with Gasteiger partial charge in [0.2, 0.25) is 0 Å². The van der Waals surface area contributed by atoms with Crippen LogP contribution in [0.2, 0.25) is 0 Å². The number of ether oxygens (including phenoxy) is 1. The van der Waals surface area contributed by atoms with Crippen LogP contribution >= 0.6 is 0 Å². The highest BCUT2D eigenvalue weighted by molar-refractivity contribution is 5.45. The second-order valence-corrected chi connectivity index (χ2v) is 5.95. The first kappa shape index (κ1) is 15.6. The molecule has 130 valence electrons. The van der Waals surface area contributed by atoms with Crippen LogP contribution in [0, 0.1) is 0 Å². The molecule has 9 heteroatoms. The molecule has 0 amide bonds. The van der Waals surface area contributed by atoms with Crippen molar-refractivity contribution in [3.05, 3.63) is 47.7 Å². The molecular weight excluding hydrogens is 322 g/mol. The molecule has 4 rings (SSSR count). The molecule has 4 heterocycles. The summed E-state index contributed by atoms with van der Waals surface area (Å²) in [5.41, 5.74) is 0.286. The Kier molecular flexibility index (Phi) is 4.06. The van der Waals surface area contributed by atoms with Gasteiger partial charge in [0.05, 0.1) is 19.0 Å². The number of anilines is 1. The number of hydrogen-bond donors (Lipinski definition) is 1. The lowest BCUT2D eigenvalue weighted by Gasteiger charge is -2.25. The molecule has 25 heavy (non-hydrogen) atoms. The molecule has 0 spiro atoms. The predicted octanol–water partition coefficient (Wildman–Crippen LogP) is 0.756. The molecule has 0 bridgehead atoms. The fraction of sp³-hybridized carbons (Fsp3) is 0.375. The standard InChI is InChI=1S/C16H19N7O2/c1-25-9-12-3-2-5-22(12)14-7-15(19-10-18-14)23-16(24)13(8-20-23)21-6-4-17-11-21/h4,6-8,10-12,20H,2-3,5,9H2,1H3/t12-/m1/s1. The minimum absolute atomic E-state index is 0.197. The Hall–Kier alpha value is -2.94. The van der Waals surface area contributed by atoms with E-state index in [9.17, 15) is 4.79 Å². The van der Waals surface area contributed by atoms with Gasteiger partial charge in [0, 0.05) is 38.3 Å². The summed E-state index contributed by atoms with van der Waals surface area (Å²) in [6.45, 7) is 1.58. The van der Waals surface area contributed by atoms with E-state index in [4.69, 9.17) is 4.74 Å². The van der Waals surface area contributed by atoms with Crippen molar-refractivity contribution >= 4 is 5.82 Å². The van der Waals surface area contributed by atoms with Crippen LogP contribution in [0.15, 0.2) is 42.1 Å². The van der Waals surface area contributed by atoms with Gasteiger partial charge in [-0.3, -0.25) is 14.5 Å². The normalized spacial score (nSPS) is 17.3. The van der Waals surface area contributed by atoms with Crippen LogP contribution in [-0.2, 0) is 4.74 Å². The Morgan fingerprint density at radius 1 is 1.36 bits per heavy atom. The van der Waals surface area contributed by atoms with Crippen LogP contribution in [0.25, 0.3) is 11.5 Å². The Balaban J connectivity index is 1.68. The Bertz CT molecular complexity index is 899. The molecule has 1 N–H and O–H groups in total. The molecule has 0 aromatic carbocycles. The van der Waals surface area contributed by atoms with E-state index in [1.54, 1.807) is 36.6 Å². The van der Waals surface area contributed by atoms with E-state index in [0.717, 1.165) is 25.2 Å². The van der Waals surface area contributed by atoms with Crippen LogP contribution in [0.5, 0.6) is 0 Å². The van der Waals surface area contributed by atoms with Crippen molar-refractivity contribution in [2.75, 3.05) is 25.2 Å². The Morgan fingerprint density at radius 3 is 3.04 bits per heavy atom. The first-order valence-corrected chi connectivity index (χ1v) is 8.14. The molecular formula is C16H19N7O2. The lowest BCUT2D eigenvalue weighted by molar-refractivity contribution is 0.180. The summed E-state index contributed by atoms with van der Waals surface area (Å²) >= 11 is 0. The zero-order valence-corrected chi connectivity index (χ0v) is 13.9. The molecule has 1 aliphatic rings. The molecule has 1 atom stereocenters. The summed E-state index contributed by atoms with van der Waals surface area (Å²) in [6, 6.07) is 2.12. The van der Waals surface area contributed by atoms with Gasteiger partial charge in [-0.25, -0.2) is 15.0 Å². The summed E-state index contributed by atoms with van der Waals surface area (Å²) in [7, 11) is 1.71. The van der Waals surface area contributed by atoms with Crippen LogP contribution < -0.4 is 10.5 Å². The lowest BCUT2D eigenvalue weighted by atomic mass is 10.2. The number of methoxy groups -OCH3 is 1. The van der Waals surface area contributed by atoms with E-state index < -0.39 is 0 Å². The molecule has 0 radical (unpaired) electrons. The highest BCUT2D eigenvalue weighted by Gasteiger charge is 2.26. The van der Waals surface area contributed by atoms with Gasteiger partial charge in [-0.2, -0.15) is 4.68 Å². The van der Waals surface area contributed by atoms with Crippen LogP contribution in [-0.4, -0.2) is 55.6 Å². The van der Waals surface area contributed by atoms with Gasteiger partial charge >= 0.3 is 0 Å². The zero-order valence-electron chi connectivity index (χ0n) is 13.9. The molecule has 1 fully saturated rings. The molecule has 9 nitrogen and oxygen atoms in total. The maximum atomic E-state index is 12.7. The minimum Gasteiger partial charge on any atom is -0.383 e. The molecule has 1 saturated heterocycles. The summed E-state index contributed by atoms with van der Waals surface area (Å²) in [5.74, 6) is 1.31. The van der Waals surface area contributed by atoms with Gasteiger partial charge in [0.15, 0.2) is 5.82 Å². The van der Waals surface area contributed by atoms with Crippen LogP contribution in [0.3, 0.4) is 0 Å². The highest BCUT2D eigenvalue weighted by Crippen LogP contribution is 2.24.